The van der Waals surface area contributed by atoms with Gasteiger partial charge in [-0.2, -0.15) is 0 Å². The Hall–Kier alpha value is -2.54. The third-order valence-corrected chi connectivity index (χ3v) is 6.04. The molecular formula is C20H23N3O3S. The molecule has 2 aromatic rings. The van der Waals surface area contributed by atoms with E-state index in [0.717, 1.165) is 24.4 Å². The van der Waals surface area contributed by atoms with Gasteiger partial charge in [0.25, 0.3) is 11.6 Å². The molecule has 0 unspecified atom stereocenters. The number of non-ortho nitro benzene ring substituents is 1. The largest absolute Gasteiger partial charge is 0.372 e. The number of benzene rings is 2. The van der Waals surface area contributed by atoms with Crippen LogP contribution in [0.5, 0.6) is 0 Å². The molecule has 0 radical (unpaired) electrons. The number of carbonyl (C=O) groups excluding carboxylic acids is 1. The first-order valence-corrected chi connectivity index (χ1v) is 10.1. The highest BCUT2D eigenvalue weighted by Crippen LogP contribution is 2.39. The molecule has 142 valence electrons. The summed E-state index contributed by atoms with van der Waals surface area (Å²) in [5, 5.41) is 10.8. The van der Waals surface area contributed by atoms with E-state index in [1.165, 1.54) is 30.0 Å². The summed E-state index contributed by atoms with van der Waals surface area (Å²) < 4.78 is 0. The molecule has 1 saturated heterocycles. The van der Waals surface area contributed by atoms with Crippen LogP contribution in [0.3, 0.4) is 0 Å². The second-order valence-electron chi connectivity index (χ2n) is 6.29. The molecule has 1 fully saturated rings. The smallest absolute Gasteiger partial charge is 0.269 e. The summed E-state index contributed by atoms with van der Waals surface area (Å²) in [6.07, 6.45) is 0. The quantitative estimate of drug-likeness (QED) is 0.547. The van der Waals surface area contributed by atoms with E-state index < -0.39 is 4.92 Å². The summed E-state index contributed by atoms with van der Waals surface area (Å²) in [5.41, 5.74) is 2.75. The van der Waals surface area contributed by atoms with Crippen molar-refractivity contribution in [2.45, 2.75) is 19.2 Å². The van der Waals surface area contributed by atoms with Gasteiger partial charge in [-0.15, -0.1) is 11.8 Å². The van der Waals surface area contributed by atoms with E-state index in [1.54, 1.807) is 11.8 Å². The predicted molar refractivity (Wildman–Crippen MR) is 109 cm³/mol. The summed E-state index contributed by atoms with van der Waals surface area (Å²) in [7, 11) is 0. The van der Waals surface area contributed by atoms with Crippen molar-refractivity contribution in [2.75, 3.05) is 30.3 Å². The third kappa shape index (κ3) is 4.08. The van der Waals surface area contributed by atoms with Gasteiger partial charge in [-0.05, 0) is 43.7 Å². The lowest BCUT2D eigenvalue weighted by Gasteiger charge is -2.26. The minimum Gasteiger partial charge on any atom is -0.372 e. The molecule has 0 N–H and O–H groups in total. The highest BCUT2D eigenvalue weighted by atomic mass is 32.2. The summed E-state index contributed by atoms with van der Waals surface area (Å²) >= 11 is 1.74. The van der Waals surface area contributed by atoms with E-state index in [2.05, 4.69) is 43.0 Å². The second-order valence-corrected chi connectivity index (χ2v) is 7.48. The normalized spacial score (nSPS) is 16.4. The van der Waals surface area contributed by atoms with E-state index in [1.807, 2.05) is 4.90 Å². The fraction of sp³-hybridized carbons (Fsp3) is 0.350. The van der Waals surface area contributed by atoms with E-state index >= 15 is 0 Å². The van der Waals surface area contributed by atoms with Crippen LogP contribution in [-0.4, -0.2) is 41.1 Å². The number of nitrogens with zero attached hydrogens (tertiary/aromatic N) is 3. The van der Waals surface area contributed by atoms with Crippen LogP contribution in [0.4, 0.5) is 11.4 Å². The molecule has 1 amide bonds. The molecule has 0 spiro atoms. The van der Waals surface area contributed by atoms with Crippen molar-refractivity contribution in [1.29, 1.82) is 0 Å². The van der Waals surface area contributed by atoms with Gasteiger partial charge in [0.05, 0.1) is 4.92 Å². The van der Waals surface area contributed by atoms with Crippen LogP contribution in [0, 0.1) is 10.1 Å². The summed E-state index contributed by atoms with van der Waals surface area (Å²) in [6.45, 7) is 6.85. The molecule has 0 aromatic heterocycles. The van der Waals surface area contributed by atoms with Crippen LogP contribution in [0.1, 0.15) is 35.1 Å². The second kappa shape index (κ2) is 8.43. The topological polar surface area (TPSA) is 66.7 Å². The standard InChI is InChI=1S/C20H23N3O3S/c1-3-21(4-2)17-9-7-16(8-10-17)20-22(13-14-27-20)19(24)15-5-11-18(12-6-15)23(25)26/h5-12,20H,3-4,13-14H2,1-2H3/t20-/m1/s1. The molecule has 1 aliphatic rings. The van der Waals surface area contributed by atoms with Gasteiger partial charge in [0, 0.05) is 48.8 Å². The number of anilines is 1. The Morgan fingerprint density at radius 2 is 1.78 bits per heavy atom. The van der Waals surface area contributed by atoms with Crippen molar-refractivity contribution >= 4 is 29.0 Å². The lowest BCUT2D eigenvalue weighted by Crippen LogP contribution is -2.30. The highest BCUT2D eigenvalue weighted by molar-refractivity contribution is 7.99. The maximum absolute atomic E-state index is 12.9. The monoisotopic (exact) mass is 385 g/mol. The predicted octanol–water partition coefficient (Wildman–Crippen LogP) is 4.33. The fourth-order valence-corrected chi connectivity index (χ4v) is 4.54. The van der Waals surface area contributed by atoms with Crippen molar-refractivity contribution in [3.8, 4) is 0 Å². The van der Waals surface area contributed by atoms with E-state index in [9.17, 15) is 14.9 Å². The Morgan fingerprint density at radius 3 is 2.33 bits per heavy atom. The van der Waals surface area contributed by atoms with Crippen LogP contribution in [0.15, 0.2) is 48.5 Å². The number of nitro benzene ring substituents is 1. The van der Waals surface area contributed by atoms with E-state index in [4.69, 9.17) is 0 Å². The van der Waals surface area contributed by atoms with Gasteiger partial charge in [0.1, 0.15) is 5.37 Å². The maximum atomic E-state index is 12.9. The van der Waals surface area contributed by atoms with Crippen molar-refractivity contribution in [3.05, 3.63) is 69.8 Å². The molecule has 3 rings (SSSR count). The van der Waals surface area contributed by atoms with Gasteiger partial charge in [0.15, 0.2) is 0 Å². The molecule has 0 saturated carbocycles. The molecule has 2 aromatic carbocycles. The lowest BCUT2D eigenvalue weighted by atomic mass is 10.1. The van der Waals surface area contributed by atoms with Gasteiger partial charge < -0.3 is 9.80 Å². The number of thioether (sulfide) groups is 1. The first-order chi connectivity index (χ1) is 13.0. The molecule has 7 heteroatoms. The molecular weight excluding hydrogens is 362 g/mol. The zero-order valence-electron chi connectivity index (χ0n) is 15.5. The maximum Gasteiger partial charge on any atom is 0.269 e. The van der Waals surface area contributed by atoms with Crippen LogP contribution in [0.25, 0.3) is 0 Å². The molecule has 0 bridgehead atoms. The highest BCUT2D eigenvalue weighted by Gasteiger charge is 2.31. The SMILES string of the molecule is CCN(CC)c1ccc([C@H]2SCCN2C(=O)c2ccc([N+](=O)[O-])cc2)cc1. The molecule has 1 heterocycles. The number of hydrogen-bond acceptors (Lipinski definition) is 5. The number of rotatable bonds is 6. The van der Waals surface area contributed by atoms with Crippen molar-refractivity contribution in [3.63, 3.8) is 0 Å². The zero-order valence-corrected chi connectivity index (χ0v) is 16.3. The summed E-state index contributed by atoms with van der Waals surface area (Å²) in [4.78, 5) is 27.4. The lowest BCUT2D eigenvalue weighted by molar-refractivity contribution is -0.384. The molecule has 1 aliphatic heterocycles. The average molecular weight is 385 g/mol. The number of hydrogen-bond donors (Lipinski definition) is 0. The zero-order chi connectivity index (χ0) is 19.4. The van der Waals surface area contributed by atoms with Gasteiger partial charge in [-0.25, -0.2) is 0 Å². The molecule has 6 nitrogen and oxygen atoms in total. The van der Waals surface area contributed by atoms with Crippen molar-refractivity contribution < 1.29 is 9.72 Å². The fourth-order valence-electron chi connectivity index (χ4n) is 3.28. The Kier molecular flexibility index (Phi) is 6.01. The Labute approximate surface area is 163 Å². The van der Waals surface area contributed by atoms with Crippen molar-refractivity contribution in [1.82, 2.24) is 4.90 Å². The Balaban J connectivity index is 1.78. The number of nitro groups is 1. The van der Waals surface area contributed by atoms with Crippen LogP contribution >= 0.6 is 11.8 Å². The van der Waals surface area contributed by atoms with Crippen LogP contribution in [0.2, 0.25) is 0 Å². The summed E-state index contributed by atoms with van der Waals surface area (Å²) in [6, 6.07) is 14.2. The third-order valence-electron chi connectivity index (χ3n) is 4.78. The van der Waals surface area contributed by atoms with Gasteiger partial charge in [-0.1, -0.05) is 12.1 Å². The van der Waals surface area contributed by atoms with E-state index in [-0.39, 0.29) is 17.0 Å². The molecule has 1 atom stereocenters. The summed E-state index contributed by atoms with van der Waals surface area (Å²) in [5.74, 6) is 0.786. The minimum atomic E-state index is -0.458. The van der Waals surface area contributed by atoms with Gasteiger partial charge in [-0.3, -0.25) is 14.9 Å². The Morgan fingerprint density at radius 1 is 1.15 bits per heavy atom. The van der Waals surface area contributed by atoms with Crippen LogP contribution in [-0.2, 0) is 0 Å². The first-order valence-electron chi connectivity index (χ1n) is 9.07. The van der Waals surface area contributed by atoms with Gasteiger partial charge >= 0.3 is 0 Å². The molecule has 27 heavy (non-hydrogen) atoms. The number of carbonyl (C=O) groups is 1. The van der Waals surface area contributed by atoms with Gasteiger partial charge in [0.2, 0.25) is 0 Å². The van der Waals surface area contributed by atoms with Crippen molar-refractivity contribution in [2.24, 2.45) is 0 Å². The van der Waals surface area contributed by atoms with E-state index in [0.29, 0.717) is 12.1 Å². The van der Waals surface area contributed by atoms with Crippen LogP contribution < -0.4 is 4.90 Å². The molecule has 0 aliphatic carbocycles. The first kappa shape index (κ1) is 19.2. The minimum absolute atomic E-state index is 0.00844. The Bertz CT molecular complexity index is 804. The number of amides is 1. The average Bonchev–Trinajstić information content (AvgIpc) is 3.19.